The molecule has 2 aromatic heterocycles. The van der Waals surface area contributed by atoms with Gasteiger partial charge in [-0.05, 0) is 69.6 Å². The van der Waals surface area contributed by atoms with E-state index < -0.39 is 0 Å². The van der Waals surface area contributed by atoms with Crippen LogP contribution in [0, 0.1) is 5.92 Å². The number of aliphatic imine (C=N–C) groups is 2. The second-order valence-electron chi connectivity index (χ2n) is 13.2. The lowest BCUT2D eigenvalue weighted by Crippen LogP contribution is -2.17. The predicted molar refractivity (Wildman–Crippen MR) is 213 cm³/mol. The fourth-order valence-corrected chi connectivity index (χ4v) is 7.89. The van der Waals surface area contributed by atoms with Gasteiger partial charge in [0.05, 0.1) is 5.71 Å². The average molecular weight is 657 g/mol. The van der Waals surface area contributed by atoms with Gasteiger partial charge in [0, 0.05) is 45.5 Å². The molecule has 1 unspecified atom stereocenters. The molecule has 1 atom stereocenters. The van der Waals surface area contributed by atoms with Crippen molar-refractivity contribution in [2.75, 3.05) is 7.05 Å². The van der Waals surface area contributed by atoms with Gasteiger partial charge in [0.15, 0.2) is 5.84 Å². The van der Waals surface area contributed by atoms with Crippen LogP contribution in [0.1, 0.15) is 17.5 Å². The first kappa shape index (κ1) is 29.4. The predicted octanol–water partition coefficient (Wildman–Crippen LogP) is 12.5. The van der Waals surface area contributed by atoms with E-state index in [1.165, 1.54) is 10.8 Å². The fourth-order valence-electron chi connectivity index (χ4n) is 7.89. The number of amidine groups is 1. The van der Waals surface area contributed by atoms with Crippen molar-refractivity contribution in [3.63, 3.8) is 0 Å². The molecule has 0 spiro atoms. The van der Waals surface area contributed by atoms with Crippen LogP contribution in [0.5, 0.6) is 0 Å². The van der Waals surface area contributed by atoms with Gasteiger partial charge < -0.3 is 8.83 Å². The van der Waals surface area contributed by atoms with E-state index in [2.05, 4.69) is 133 Å². The molecule has 1 aliphatic carbocycles. The molecule has 0 saturated carbocycles. The van der Waals surface area contributed by atoms with Crippen LogP contribution in [0.25, 0.3) is 76.5 Å². The first-order chi connectivity index (χ1) is 25.2. The van der Waals surface area contributed by atoms with Gasteiger partial charge in [0.1, 0.15) is 22.3 Å². The van der Waals surface area contributed by atoms with Crippen LogP contribution in [0.4, 0.5) is 0 Å². The van der Waals surface area contributed by atoms with Crippen molar-refractivity contribution in [2.45, 2.75) is 6.42 Å². The van der Waals surface area contributed by atoms with Crippen molar-refractivity contribution in [3.05, 3.63) is 169 Å². The average Bonchev–Trinajstić information content (AvgIpc) is 3.78. The summed E-state index contributed by atoms with van der Waals surface area (Å²) in [7, 11) is 1.83. The molecule has 0 aliphatic heterocycles. The summed E-state index contributed by atoms with van der Waals surface area (Å²) in [6, 6.07) is 46.7. The van der Waals surface area contributed by atoms with Crippen LogP contribution in [0.3, 0.4) is 0 Å². The van der Waals surface area contributed by atoms with Gasteiger partial charge in [-0.15, -0.1) is 0 Å². The highest BCUT2D eigenvalue weighted by atomic mass is 16.3. The Kier molecular flexibility index (Phi) is 6.81. The minimum atomic E-state index is 0.115. The number of fused-ring (bicyclic) bond motifs is 9. The standard InChI is InChI=1S/C47H32N2O2/c1-48-47(49-45(30-14-3-2-4-15-30)33-26-25-29-13-5-6-16-31(29)27-33)37-21-12-24-41-44(37)43-35(20-11-23-40(43)50-41)38-28-32-17-7-8-18-34(32)46-42(38)36-19-9-10-22-39(36)51-46/h2-14,16-28,30H,15H2,1H3/b48-47-,49-45-. The highest BCUT2D eigenvalue weighted by Crippen LogP contribution is 2.45. The molecule has 242 valence electrons. The summed E-state index contributed by atoms with van der Waals surface area (Å²) in [5.41, 5.74) is 8.59. The SMILES string of the molecule is C/N=C(\N=C(/c1ccc2ccccc2c1)C1C=CC=CC1)c1cccc2oc3cccc(-c4cc5ccccc5c5oc6ccccc6c45)c3c12. The number of furan rings is 2. The van der Waals surface area contributed by atoms with Crippen molar-refractivity contribution in [3.8, 4) is 11.1 Å². The molecule has 10 rings (SSSR count). The Labute approximate surface area is 294 Å². The molecule has 4 heteroatoms. The number of rotatable bonds is 4. The topological polar surface area (TPSA) is 51.0 Å². The Balaban J connectivity index is 1.24. The molecular formula is C47H32N2O2. The maximum atomic E-state index is 6.63. The summed E-state index contributed by atoms with van der Waals surface area (Å²) in [6.45, 7) is 0. The molecule has 2 heterocycles. The summed E-state index contributed by atoms with van der Waals surface area (Å²) in [5.74, 6) is 0.783. The van der Waals surface area contributed by atoms with Crippen LogP contribution in [-0.2, 0) is 0 Å². The molecule has 0 N–H and O–H groups in total. The molecule has 7 aromatic carbocycles. The number of hydrogen-bond acceptors (Lipinski definition) is 3. The van der Waals surface area contributed by atoms with Crippen LogP contribution in [0.2, 0.25) is 0 Å². The first-order valence-electron chi connectivity index (χ1n) is 17.4. The van der Waals surface area contributed by atoms with Gasteiger partial charge in [-0.2, -0.15) is 0 Å². The quantitative estimate of drug-likeness (QED) is 0.140. The minimum absolute atomic E-state index is 0.115. The maximum Gasteiger partial charge on any atom is 0.155 e. The molecule has 51 heavy (non-hydrogen) atoms. The molecule has 0 radical (unpaired) electrons. The van der Waals surface area contributed by atoms with Crippen LogP contribution >= 0.6 is 0 Å². The molecule has 1 aliphatic rings. The zero-order valence-corrected chi connectivity index (χ0v) is 28.0. The second-order valence-corrected chi connectivity index (χ2v) is 13.2. The van der Waals surface area contributed by atoms with E-state index in [1.807, 2.05) is 31.3 Å². The normalized spacial score (nSPS) is 15.4. The van der Waals surface area contributed by atoms with E-state index in [0.717, 1.165) is 89.0 Å². The maximum absolute atomic E-state index is 6.63. The van der Waals surface area contributed by atoms with E-state index in [-0.39, 0.29) is 5.92 Å². The number of benzene rings is 7. The molecule has 4 nitrogen and oxygen atoms in total. The van der Waals surface area contributed by atoms with Crippen molar-refractivity contribution in [1.29, 1.82) is 0 Å². The van der Waals surface area contributed by atoms with Crippen LogP contribution < -0.4 is 0 Å². The molecule has 0 saturated heterocycles. The van der Waals surface area contributed by atoms with Gasteiger partial charge in [-0.3, -0.25) is 4.99 Å². The molecule has 9 aromatic rings. The van der Waals surface area contributed by atoms with Gasteiger partial charge in [0.2, 0.25) is 0 Å². The zero-order chi connectivity index (χ0) is 33.9. The molecule has 0 fully saturated rings. The summed E-state index contributed by atoms with van der Waals surface area (Å²) in [6.07, 6.45) is 9.56. The third-order valence-electron chi connectivity index (χ3n) is 10.2. The van der Waals surface area contributed by atoms with E-state index in [0.29, 0.717) is 5.84 Å². The van der Waals surface area contributed by atoms with Crippen molar-refractivity contribution in [1.82, 2.24) is 0 Å². The number of nitrogens with zero attached hydrogens (tertiary/aromatic N) is 2. The Hall–Kier alpha value is -6.52. The minimum Gasteiger partial charge on any atom is -0.456 e. The summed E-state index contributed by atoms with van der Waals surface area (Å²) in [5, 5.41) is 8.84. The van der Waals surface area contributed by atoms with Crippen molar-refractivity contribution in [2.24, 2.45) is 15.9 Å². The highest BCUT2D eigenvalue weighted by Gasteiger charge is 2.23. The van der Waals surface area contributed by atoms with Crippen LogP contribution in [-0.4, -0.2) is 18.6 Å². The summed E-state index contributed by atoms with van der Waals surface area (Å²) in [4.78, 5) is 10.3. The Morgan fingerprint density at radius 3 is 2.18 bits per heavy atom. The van der Waals surface area contributed by atoms with Crippen molar-refractivity contribution < 1.29 is 8.83 Å². The fraction of sp³-hybridized carbons (Fsp3) is 0.0638. The summed E-state index contributed by atoms with van der Waals surface area (Å²) >= 11 is 0. The Bertz CT molecular complexity index is 2970. The van der Waals surface area contributed by atoms with E-state index in [1.54, 1.807) is 0 Å². The lowest BCUT2D eigenvalue weighted by molar-refractivity contribution is 0.669. The summed E-state index contributed by atoms with van der Waals surface area (Å²) < 4.78 is 13.2. The third kappa shape index (κ3) is 4.75. The van der Waals surface area contributed by atoms with E-state index in [4.69, 9.17) is 18.8 Å². The lowest BCUT2D eigenvalue weighted by atomic mass is 9.89. The van der Waals surface area contributed by atoms with Gasteiger partial charge in [-0.25, -0.2) is 4.99 Å². The lowest BCUT2D eigenvalue weighted by Gasteiger charge is -2.18. The smallest absolute Gasteiger partial charge is 0.155 e. The second kappa shape index (κ2) is 11.8. The number of hydrogen-bond donors (Lipinski definition) is 0. The van der Waals surface area contributed by atoms with E-state index >= 15 is 0 Å². The van der Waals surface area contributed by atoms with Crippen molar-refractivity contribution >= 4 is 77.0 Å². The Morgan fingerprint density at radius 1 is 0.588 bits per heavy atom. The third-order valence-corrected chi connectivity index (χ3v) is 10.2. The van der Waals surface area contributed by atoms with Gasteiger partial charge in [-0.1, -0.05) is 127 Å². The monoisotopic (exact) mass is 656 g/mol. The van der Waals surface area contributed by atoms with Crippen LogP contribution in [0.15, 0.2) is 177 Å². The highest BCUT2D eigenvalue weighted by molar-refractivity contribution is 6.28. The number of para-hydroxylation sites is 1. The van der Waals surface area contributed by atoms with E-state index in [9.17, 15) is 0 Å². The Morgan fingerprint density at radius 2 is 1.33 bits per heavy atom. The van der Waals surface area contributed by atoms with Gasteiger partial charge >= 0.3 is 0 Å². The number of allylic oxidation sites excluding steroid dienone is 4. The molecular weight excluding hydrogens is 625 g/mol. The first-order valence-corrected chi connectivity index (χ1v) is 17.4. The van der Waals surface area contributed by atoms with Gasteiger partial charge in [0.25, 0.3) is 0 Å². The zero-order valence-electron chi connectivity index (χ0n) is 28.0. The molecule has 0 bridgehead atoms. The largest absolute Gasteiger partial charge is 0.456 e. The molecule has 0 amide bonds.